The van der Waals surface area contributed by atoms with Gasteiger partial charge in [0.05, 0.1) is 7.11 Å². The number of carboxylic acid groups (broad SMARTS) is 1. The van der Waals surface area contributed by atoms with Crippen LogP contribution in [0, 0.1) is 0 Å². The van der Waals surface area contributed by atoms with Crippen molar-refractivity contribution in [2.45, 2.75) is 12.8 Å². The number of para-hydroxylation sites is 2. The highest BCUT2D eigenvalue weighted by atomic mass is 16.5. The topological polar surface area (TPSA) is 55.8 Å². The molecule has 1 N–H and O–H groups in total. The number of ether oxygens (including phenoxy) is 2. The highest BCUT2D eigenvalue weighted by Gasteiger charge is 2.04. The molecule has 4 heteroatoms. The van der Waals surface area contributed by atoms with Crippen LogP contribution >= 0.6 is 0 Å². The molecule has 2 aromatic carbocycles. The molecule has 0 aliphatic rings. The van der Waals surface area contributed by atoms with Crippen molar-refractivity contribution in [3.63, 3.8) is 0 Å². The fourth-order valence-corrected chi connectivity index (χ4v) is 1.81. The molecule has 0 saturated heterocycles. The van der Waals surface area contributed by atoms with Crippen LogP contribution < -0.4 is 9.47 Å². The quantitative estimate of drug-likeness (QED) is 0.874. The maximum atomic E-state index is 10.5. The molecule has 2 aromatic rings. The first kappa shape index (κ1) is 13.9. The Morgan fingerprint density at radius 3 is 2.30 bits per heavy atom. The van der Waals surface area contributed by atoms with Gasteiger partial charge in [-0.25, -0.2) is 0 Å². The zero-order valence-electron chi connectivity index (χ0n) is 11.2. The van der Waals surface area contributed by atoms with E-state index in [1.165, 1.54) is 0 Å². The second kappa shape index (κ2) is 6.61. The Bertz CT molecular complexity index is 575. The Morgan fingerprint density at radius 2 is 1.70 bits per heavy atom. The van der Waals surface area contributed by atoms with Crippen molar-refractivity contribution < 1.29 is 19.4 Å². The highest BCUT2D eigenvalue weighted by molar-refractivity contribution is 5.67. The summed E-state index contributed by atoms with van der Waals surface area (Å²) in [6.45, 7) is 0. The normalized spacial score (nSPS) is 10.1. The van der Waals surface area contributed by atoms with E-state index in [1.54, 1.807) is 7.11 Å². The SMILES string of the molecule is COc1ccccc1Oc1ccc(CCC(=O)O)cc1. The van der Waals surface area contributed by atoms with Gasteiger partial charge >= 0.3 is 5.97 Å². The largest absolute Gasteiger partial charge is 0.493 e. The molecule has 0 bridgehead atoms. The maximum Gasteiger partial charge on any atom is 0.303 e. The summed E-state index contributed by atoms with van der Waals surface area (Å²) in [4.78, 5) is 10.5. The Kier molecular flexibility index (Phi) is 4.60. The summed E-state index contributed by atoms with van der Waals surface area (Å²) in [5, 5.41) is 8.64. The van der Waals surface area contributed by atoms with Crippen LogP contribution in [0.1, 0.15) is 12.0 Å². The zero-order valence-corrected chi connectivity index (χ0v) is 11.2. The lowest BCUT2D eigenvalue weighted by atomic mass is 10.1. The van der Waals surface area contributed by atoms with E-state index in [9.17, 15) is 4.79 Å². The smallest absolute Gasteiger partial charge is 0.303 e. The summed E-state index contributed by atoms with van der Waals surface area (Å²) in [6.07, 6.45) is 0.650. The van der Waals surface area contributed by atoms with Crippen LogP contribution in [0.5, 0.6) is 17.2 Å². The van der Waals surface area contributed by atoms with Gasteiger partial charge < -0.3 is 14.6 Å². The highest BCUT2D eigenvalue weighted by Crippen LogP contribution is 2.30. The van der Waals surface area contributed by atoms with Crippen LogP contribution in [0.15, 0.2) is 48.5 Å². The van der Waals surface area contributed by atoms with Crippen molar-refractivity contribution >= 4 is 5.97 Å². The van der Waals surface area contributed by atoms with Gasteiger partial charge in [0.2, 0.25) is 0 Å². The van der Waals surface area contributed by atoms with Crippen molar-refractivity contribution in [3.8, 4) is 17.2 Å². The van der Waals surface area contributed by atoms with Gasteiger partial charge in [-0.3, -0.25) is 4.79 Å². The lowest BCUT2D eigenvalue weighted by Crippen LogP contribution is -1.97. The van der Waals surface area contributed by atoms with Crippen molar-refractivity contribution in [1.29, 1.82) is 0 Å². The standard InChI is InChI=1S/C16H16O4/c1-19-14-4-2-3-5-15(14)20-13-9-6-12(7-10-13)8-11-16(17)18/h2-7,9-10H,8,11H2,1H3,(H,17,18). The van der Waals surface area contributed by atoms with Gasteiger partial charge in [0.1, 0.15) is 5.75 Å². The number of carboxylic acids is 1. The second-order valence-corrected chi connectivity index (χ2v) is 4.29. The van der Waals surface area contributed by atoms with Crippen molar-refractivity contribution in [3.05, 3.63) is 54.1 Å². The molecule has 0 saturated carbocycles. The fourth-order valence-electron chi connectivity index (χ4n) is 1.81. The maximum absolute atomic E-state index is 10.5. The summed E-state index contributed by atoms with van der Waals surface area (Å²) in [5.41, 5.74) is 0.972. The molecular formula is C16H16O4. The van der Waals surface area contributed by atoms with E-state index in [4.69, 9.17) is 14.6 Å². The Hall–Kier alpha value is -2.49. The van der Waals surface area contributed by atoms with Crippen LogP contribution in [0.25, 0.3) is 0 Å². The van der Waals surface area contributed by atoms with Crippen molar-refractivity contribution in [2.24, 2.45) is 0 Å². The summed E-state index contributed by atoms with van der Waals surface area (Å²) in [6, 6.07) is 14.8. The molecule has 2 rings (SSSR count). The average molecular weight is 272 g/mol. The van der Waals surface area contributed by atoms with Crippen LogP contribution in [0.4, 0.5) is 0 Å². The summed E-state index contributed by atoms with van der Waals surface area (Å²) in [7, 11) is 1.59. The lowest BCUT2D eigenvalue weighted by molar-refractivity contribution is -0.136. The van der Waals surface area contributed by atoms with Gasteiger partial charge in [-0.1, -0.05) is 24.3 Å². The molecule has 104 valence electrons. The Balaban J connectivity index is 2.05. The molecule has 0 aliphatic heterocycles. The Labute approximate surface area is 117 Å². The number of aryl methyl sites for hydroxylation is 1. The molecule has 4 nitrogen and oxygen atoms in total. The first-order chi connectivity index (χ1) is 9.69. The molecule has 0 atom stereocenters. The molecule has 0 heterocycles. The van der Waals surface area contributed by atoms with Gasteiger partial charge in [-0.15, -0.1) is 0 Å². The first-order valence-corrected chi connectivity index (χ1v) is 6.30. The number of methoxy groups -OCH3 is 1. The van der Waals surface area contributed by atoms with E-state index in [1.807, 2.05) is 48.5 Å². The molecular weight excluding hydrogens is 256 g/mol. The van der Waals surface area contributed by atoms with Crippen LogP contribution in [0.2, 0.25) is 0 Å². The monoisotopic (exact) mass is 272 g/mol. The fraction of sp³-hybridized carbons (Fsp3) is 0.188. The molecule has 0 fully saturated rings. The number of rotatable bonds is 6. The zero-order chi connectivity index (χ0) is 14.4. The molecule has 0 aliphatic carbocycles. The number of hydrogen-bond donors (Lipinski definition) is 1. The van der Waals surface area contributed by atoms with E-state index in [2.05, 4.69) is 0 Å². The van der Waals surface area contributed by atoms with E-state index in [0.29, 0.717) is 23.7 Å². The predicted molar refractivity (Wildman–Crippen MR) is 75.5 cm³/mol. The minimum absolute atomic E-state index is 0.132. The molecule has 20 heavy (non-hydrogen) atoms. The first-order valence-electron chi connectivity index (χ1n) is 6.30. The number of aliphatic carboxylic acids is 1. The third kappa shape index (κ3) is 3.75. The predicted octanol–water partition coefficient (Wildman–Crippen LogP) is 3.50. The van der Waals surface area contributed by atoms with Crippen LogP contribution in [-0.4, -0.2) is 18.2 Å². The van der Waals surface area contributed by atoms with E-state index in [-0.39, 0.29) is 6.42 Å². The average Bonchev–Trinajstić information content (AvgIpc) is 2.47. The second-order valence-electron chi connectivity index (χ2n) is 4.29. The molecule has 0 radical (unpaired) electrons. The molecule has 0 unspecified atom stereocenters. The molecule has 0 aromatic heterocycles. The van der Waals surface area contributed by atoms with Gasteiger partial charge in [-0.05, 0) is 36.2 Å². The van der Waals surface area contributed by atoms with Crippen molar-refractivity contribution in [2.75, 3.05) is 7.11 Å². The van der Waals surface area contributed by atoms with Crippen LogP contribution in [0.3, 0.4) is 0 Å². The van der Waals surface area contributed by atoms with E-state index in [0.717, 1.165) is 5.56 Å². The summed E-state index contributed by atoms with van der Waals surface area (Å²) < 4.78 is 11.0. The number of carbonyl (C=O) groups is 1. The third-order valence-electron chi connectivity index (χ3n) is 2.85. The van der Waals surface area contributed by atoms with Gasteiger partial charge in [-0.2, -0.15) is 0 Å². The van der Waals surface area contributed by atoms with Crippen molar-refractivity contribution in [1.82, 2.24) is 0 Å². The minimum atomic E-state index is -0.792. The van der Waals surface area contributed by atoms with Gasteiger partial charge in [0.15, 0.2) is 11.5 Å². The minimum Gasteiger partial charge on any atom is -0.493 e. The summed E-state index contributed by atoms with van der Waals surface area (Å²) >= 11 is 0. The summed E-state index contributed by atoms with van der Waals surface area (Å²) in [5.74, 6) is 1.21. The lowest BCUT2D eigenvalue weighted by Gasteiger charge is -2.10. The van der Waals surface area contributed by atoms with Gasteiger partial charge in [0.25, 0.3) is 0 Å². The number of hydrogen-bond acceptors (Lipinski definition) is 3. The molecule has 0 amide bonds. The van der Waals surface area contributed by atoms with Gasteiger partial charge in [0, 0.05) is 6.42 Å². The van der Waals surface area contributed by atoms with Crippen LogP contribution in [-0.2, 0) is 11.2 Å². The molecule has 0 spiro atoms. The number of benzene rings is 2. The Morgan fingerprint density at radius 1 is 1.05 bits per heavy atom. The third-order valence-corrected chi connectivity index (χ3v) is 2.85. The van der Waals surface area contributed by atoms with E-state index >= 15 is 0 Å². The van der Waals surface area contributed by atoms with E-state index < -0.39 is 5.97 Å².